The lowest BCUT2D eigenvalue weighted by Gasteiger charge is -2.35. The number of halogens is 2. The van der Waals surface area contributed by atoms with Gasteiger partial charge in [0.1, 0.15) is 16.5 Å². The fraction of sp³-hybridized carbons (Fsp3) is 0.538. The Labute approximate surface area is 122 Å². The van der Waals surface area contributed by atoms with Crippen LogP contribution in [0.15, 0.2) is 23.1 Å². The summed E-state index contributed by atoms with van der Waals surface area (Å²) in [6, 6.07) is 2.28. The maximum atomic E-state index is 13.7. The van der Waals surface area contributed by atoms with Gasteiger partial charge in [-0.25, -0.2) is 17.2 Å². The van der Waals surface area contributed by atoms with E-state index in [1.165, 1.54) is 7.05 Å². The quantitative estimate of drug-likeness (QED) is 0.903. The minimum absolute atomic E-state index is 0.171. The van der Waals surface area contributed by atoms with E-state index in [1.54, 1.807) is 0 Å². The summed E-state index contributed by atoms with van der Waals surface area (Å²) < 4.78 is 57.1. The summed E-state index contributed by atoms with van der Waals surface area (Å²) in [6.45, 7) is 0.514. The van der Waals surface area contributed by atoms with E-state index in [-0.39, 0.29) is 6.54 Å². The molecule has 118 valence electrons. The van der Waals surface area contributed by atoms with Crippen molar-refractivity contribution in [3.63, 3.8) is 0 Å². The van der Waals surface area contributed by atoms with Gasteiger partial charge in [-0.15, -0.1) is 0 Å². The standard InChI is InChI=1S/C13H17F2NO4S/c1-16(9-13(17)4-6-20-7-5-13)21(18,19)12-3-2-10(14)8-11(12)15/h2-3,8,17H,4-7,9H2,1H3. The van der Waals surface area contributed by atoms with Gasteiger partial charge in [0.05, 0.1) is 5.60 Å². The number of hydrogen-bond acceptors (Lipinski definition) is 4. The Bertz CT molecular complexity index is 615. The molecule has 1 aliphatic heterocycles. The molecule has 0 aromatic heterocycles. The summed E-state index contributed by atoms with van der Waals surface area (Å²) in [4.78, 5) is -0.609. The van der Waals surface area contributed by atoms with Crippen molar-refractivity contribution >= 4 is 10.0 Å². The average Bonchev–Trinajstić information content (AvgIpc) is 2.38. The van der Waals surface area contributed by atoms with Crippen LogP contribution in [0.2, 0.25) is 0 Å². The van der Waals surface area contributed by atoms with Gasteiger partial charge in [-0.1, -0.05) is 0 Å². The number of aliphatic hydroxyl groups is 1. The van der Waals surface area contributed by atoms with E-state index in [1.807, 2.05) is 0 Å². The second-order valence-corrected chi connectivity index (χ2v) is 7.19. The van der Waals surface area contributed by atoms with Crippen molar-refractivity contribution in [3.8, 4) is 0 Å². The lowest BCUT2D eigenvalue weighted by Crippen LogP contribution is -2.47. The second-order valence-electron chi connectivity index (χ2n) is 5.17. The molecule has 5 nitrogen and oxygen atoms in total. The van der Waals surface area contributed by atoms with Crippen LogP contribution in [0.1, 0.15) is 12.8 Å². The number of sulfonamides is 1. The number of ether oxygens (including phenoxy) is 1. The van der Waals surface area contributed by atoms with Crippen LogP contribution in [0.4, 0.5) is 8.78 Å². The summed E-state index contributed by atoms with van der Waals surface area (Å²) >= 11 is 0. The van der Waals surface area contributed by atoms with Crippen LogP contribution >= 0.6 is 0 Å². The van der Waals surface area contributed by atoms with Gasteiger partial charge in [0, 0.05) is 45.7 Å². The lowest BCUT2D eigenvalue weighted by molar-refractivity contribution is -0.0689. The Hall–Kier alpha value is -1.09. The van der Waals surface area contributed by atoms with E-state index in [0.29, 0.717) is 32.1 Å². The lowest BCUT2D eigenvalue weighted by atomic mass is 9.95. The number of hydrogen-bond donors (Lipinski definition) is 1. The van der Waals surface area contributed by atoms with Crippen LogP contribution in [-0.4, -0.2) is 50.2 Å². The summed E-state index contributed by atoms with van der Waals surface area (Å²) in [5, 5.41) is 10.3. The molecule has 0 unspecified atom stereocenters. The summed E-state index contributed by atoms with van der Waals surface area (Å²) in [7, 11) is -2.88. The summed E-state index contributed by atoms with van der Waals surface area (Å²) in [6.07, 6.45) is 0.609. The third kappa shape index (κ3) is 3.57. The zero-order chi connectivity index (χ0) is 15.7. The fourth-order valence-electron chi connectivity index (χ4n) is 2.26. The van der Waals surface area contributed by atoms with Gasteiger partial charge < -0.3 is 9.84 Å². The van der Waals surface area contributed by atoms with Crippen LogP contribution in [0.3, 0.4) is 0 Å². The molecule has 1 N–H and O–H groups in total. The van der Waals surface area contributed by atoms with Crippen molar-refractivity contribution in [3.05, 3.63) is 29.8 Å². The molecule has 0 aliphatic carbocycles. The Morgan fingerprint density at radius 3 is 2.52 bits per heavy atom. The van der Waals surface area contributed by atoms with Gasteiger partial charge in [-0.05, 0) is 12.1 Å². The predicted molar refractivity (Wildman–Crippen MR) is 71.2 cm³/mol. The van der Waals surface area contributed by atoms with Crippen molar-refractivity contribution in [1.29, 1.82) is 0 Å². The highest BCUT2D eigenvalue weighted by molar-refractivity contribution is 7.89. The number of benzene rings is 1. The monoisotopic (exact) mass is 321 g/mol. The van der Waals surface area contributed by atoms with E-state index in [0.717, 1.165) is 16.4 Å². The average molecular weight is 321 g/mol. The highest BCUT2D eigenvalue weighted by Crippen LogP contribution is 2.25. The summed E-state index contributed by atoms with van der Waals surface area (Å²) in [5.74, 6) is -2.00. The van der Waals surface area contributed by atoms with Crippen molar-refractivity contribution < 1.29 is 27.0 Å². The maximum Gasteiger partial charge on any atom is 0.245 e. The third-order valence-corrected chi connectivity index (χ3v) is 5.36. The topological polar surface area (TPSA) is 66.8 Å². The van der Waals surface area contributed by atoms with Crippen molar-refractivity contribution in [2.24, 2.45) is 0 Å². The van der Waals surface area contributed by atoms with E-state index >= 15 is 0 Å². The molecule has 1 saturated heterocycles. The van der Waals surface area contributed by atoms with Crippen LogP contribution in [-0.2, 0) is 14.8 Å². The third-order valence-electron chi connectivity index (χ3n) is 3.52. The van der Waals surface area contributed by atoms with Crippen LogP contribution in [0.25, 0.3) is 0 Å². The zero-order valence-corrected chi connectivity index (χ0v) is 12.4. The SMILES string of the molecule is CN(CC1(O)CCOCC1)S(=O)(=O)c1ccc(F)cc1F. The molecule has 8 heteroatoms. The first-order chi connectivity index (χ1) is 9.74. The molecule has 0 saturated carbocycles. The van der Waals surface area contributed by atoms with Gasteiger partial charge in [0.2, 0.25) is 10.0 Å². The van der Waals surface area contributed by atoms with Crippen LogP contribution in [0, 0.1) is 11.6 Å². The molecule has 0 radical (unpaired) electrons. The molecule has 0 bridgehead atoms. The smallest absolute Gasteiger partial charge is 0.245 e. The number of rotatable bonds is 4. The summed E-state index contributed by atoms with van der Waals surface area (Å²) in [5.41, 5.74) is -1.20. The minimum atomic E-state index is -4.13. The highest BCUT2D eigenvalue weighted by Gasteiger charge is 2.35. The minimum Gasteiger partial charge on any atom is -0.388 e. The van der Waals surface area contributed by atoms with E-state index in [4.69, 9.17) is 4.74 Å². The molecule has 1 aliphatic rings. The van der Waals surface area contributed by atoms with Crippen molar-refractivity contribution in [1.82, 2.24) is 4.31 Å². The molecule has 0 spiro atoms. The molecular formula is C13H17F2NO4S. The van der Waals surface area contributed by atoms with Gasteiger partial charge in [0.15, 0.2) is 0 Å². The molecule has 21 heavy (non-hydrogen) atoms. The Morgan fingerprint density at radius 1 is 1.33 bits per heavy atom. The van der Waals surface area contributed by atoms with Crippen molar-refractivity contribution in [2.45, 2.75) is 23.3 Å². The van der Waals surface area contributed by atoms with E-state index in [9.17, 15) is 22.3 Å². The molecule has 0 atom stereocenters. The van der Waals surface area contributed by atoms with Crippen LogP contribution < -0.4 is 0 Å². The first kappa shape index (κ1) is 16.3. The molecular weight excluding hydrogens is 304 g/mol. The molecule has 0 amide bonds. The fourth-order valence-corrected chi connectivity index (χ4v) is 3.55. The number of nitrogens with zero attached hydrogens (tertiary/aromatic N) is 1. The first-order valence-corrected chi connectivity index (χ1v) is 7.90. The highest BCUT2D eigenvalue weighted by atomic mass is 32.2. The van der Waals surface area contributed by atoms with Crippen molar-refractivity contribution in [2.75, 3.05) is 26.8 Å². The molecule has 1 heterocycles. The predicted octanol–water partition coefficient (Wildman–Crippen LogP) is 1.13. The molecule has 1 aromatic carbocycles. The molecule has 1 aromatic rings. The van der Waals surface area contributed by atoms with Crippen LogP contribution in [0.5, 0.6) is 0 Å². The normalized spacial score (nSPS) is 18.9. The maximum absolute atomic E-state index is 13.7. The van der Waals surface area contributed by atoms with Gasteiger partial charge in [-0.3, -0.25) is 0 Å². The molecule has 1 fully saturated rings. The molecule has 2 rings (SSSR count). The Balaban J connectivity index is 2.22. The first-order valence-electron chi connectivity index (χ1n) is 6.46. The van der Waals surface area contributed by atoms with E-state index in [2.05, 4.69) is 0 Å². The van der Waals surface area contributed by atoms with Gasteiger partial charge in [-0.2, -0.15) is 4.31 Å². The number of likely N-dealkylation sites (N-methyl/N-ethyl adjacent to an activating group) is 1. The van der Waals surface area contributed by atoms with E-state index < -0.39 is 32.2 Å². The second kappa shape index (κ2) is 5.96. The van der Waals surface area contributed by atoms with Gasteiger partial charge in [0.25, 0.3) is 0 Å². The zero-order valence-electron chi connectivity index (χ0n) is 11.6. The Morgan fingerprint density at radius 2 is 1.95 bits per heavy atom. The Kier molecular flexibility index (Phi) is 4.62. The largest absolute Gasteiger partial charge is 0.388 e. The van der Waals surface area contributed by atoms with Gasteiger partial charge >= 0.3 is 0 Å².